The van der Waals surface area contributed by atoms with Gasteiger partial charge in [-0.25, -0.2) is 4.39 Å². The number of nitrogens with one attached hydrogen (secondary N) is 1. The molecule has 1 saturated carbocycles. The molecule has 2 atom stereocenters. The lowest BCUT2D eigenvalue weighted by Crippen LogP contribution is -2.38. The molecule has 2 nitrogen and oxygen atoms in total. The van der Waals surface area contributed by atoms with Gasteiger partial charge in [0.05, 0.1) is 11.9 Å². The predicted molar refractivity (Wildman–Crippen MR) is 71.8 cm³/mol. The van der Waals surface area contributed by atoms with Crippen molar-refractivity contribution in [2.24, 2.45) is 5.41 Å². The molecule has 1 fully saturated rings. The van der Waals surface area contributed by atoms with E-state index in [4.69, 9.17) is 0 Å². The maximum Gasteiger partial charge on any atom is 0.141 e. The topological polar surface area (TPSA) is 24.9 Å². The Morgan fingerprint density at radius 2 is 2.22 bits per heavy atom. The summed E-state index contributed by atoms with van der Waals surface area (Å²) in [4.78, 5) is 4.14. The van der Waals surface area contributed by atoms with E-state index in [-0.39, 0.29) is 11.9 Å². The normalized spacial score (nSPS) is 24.8. The summed E-state index contributed by atoms with van der Waals surface area (Å²) in [7, 11) is 0. The van der Waals surface area contributed by atoms with Crippen LogP contribution in [0.15, 0.2) is 18.3 Å². The average molecular weight is 250 g/mol. The summed E-state index contributed by atoms with van der Waals surface area (Å²) in [6.07, 6.45) is 6.33. The van der Waals surface area contributed by atoms with E-state index in [1.54, 1.807) is 6.07 Å². The van der Waals surface area contributed by atoms with Gasteiger partial charge < -0.3 is 5.32 Å². The highest BCUT2D eigenvalue weighted by Gasteiger charge is 2.28. The highest BCUT2D eigenvalue weighted by atomic mass is 19.1. The first-order valence-corrected chi connectivity index (χ1v) is 6.84. The molecule has 0 amide bonds. The zero-order chi connectivity index (χ0) is 13.2. The first-order valence-electron chi connectivity index (χ1n) is 6.84. The van der Waals surface area contributed by atoms with Crippen LogP contribution in [0.3, 0.4) is 0 Å². The second-order valence-corrected chi connectivity index (χ2v) is 6.25. The van der Waals surface area contributed by atoms with Crippen LogP contribution in [0.1, 0.15) is 58.2 Å². The number of pyridine rings is 1. The van der Waals surface area contributed by atoms with Crippen LogP contribution in [0.5, 0.6) is 0 Å². The summed E-state index contributed by atoms with van der Waals surface area (Å²) in [5.41, 5.74) is 1.35. The van der Waals surface area contributed by atoms with E-state index in [1.807, 2.05) is 0 Å². The molecule has 2 rings (SSSR count). The van der Waals surface area contributed by atoms with Crippen molar-refractivity contribution in [3.63, 3.8) is 0 Å². The van der Waals surface area contributed by atoms with E-state index >= 15 is 0 Å². The zero-order valence-corrected chi connectivity index (χ0v) is 11.5. The van der Waals surface area contributed by atoms with E-state index in [2.05, 4.69) is 31.1 Å². The molecule has 0 bridgehead atoms. The van der Waals surface area contributed by atoms with Gasteiger partial charge in [-0.15, -0.1) is 0 Å². The minimum absolute atomic E-state index is 0.185. The van der Waals surface area contributed by atoms with Crippen LogP contribution in [0.2, 0.25) is 0 Å². The Kier molecular flexibility index (Phi) is 4.00. The third-order valence-corrected chi connectivity index (χ3v) is 3.88. The molecule has 1 aromatic rings. The fraction of sp³-hybridized carbons (Fsp3) is 0.667. The number of hydrogen-bond acceptors (Lipinski definition) is 2. The van der Waals surface area contributed by atoms with Gasteiger partial charge in [-0.2, -0.15) is 0 Å². The summed E-state index contributed by atoms with van der Waals surface area (Å²) >= 11 is 0. The molecule has 18 heavy (non-hydrogen) atoms. The smallest absolute Gasteiger partial charge is 0.141 e. The van der Waals surface area contributed by atoms with Crippen molar-refractivity contribution in [3.05, 3.63) is 29.8 Å². The van der Waals surface area contributed by atoms with Crippen LogP contribution in [0.25, 0.3) is 0 Å². The van der Waals surface area contributed by atoms with Crippen molar-refractivity contribution in [1.29, 1.82) is 0 Å². The van der Waals surface area contributed by atoms with Gasteiger partial charge in [0, 0.05) is 12.1 Å². The fourth-order valence-corrected chi connectivity index (χ4v) is 2.92. The summed E-state index contributed by atoms with van der Waals surface area (Å²) in [5, 5.41) is 3.63. The molecule has 1 N–H and O–H groups in total. The van der Waals surface area contributed by atoms with Gasteiger partial charge in [-0.3, -0.25) is 4.98 Å². The minimum Gasteiger partial charge on any atom is -0.306 e. The average Bonchev–Trinajstić information content (AvgIpc) is 2.28. The Morgan fingerprint density at radius 1 is 1.44 bits per heavy atom. The maximum atomic E-state index is 12.8. The molecule has 3 heteroatoms. The molecule has 0 saturated heterocycles. The largest absolute Gasteiger partial charge is 0.306 e. The highest BCUT2D eigenvalue weighted by molar-refractivity contribution is 5.09. The van der Waals surface area contributed by atoms with Gasteiger partial charge in [0.1, 0.15) is 5.82 Å². The van der Waals surface area contributed by atoms with E-state index < -0.39 is 0 Å². The molecular formula is C15H23FN2. The molecule has 1 aromatic heterocycles. The molecule has 0 aliphatic heterocycles. The molecule has 2 unspecified atom stereocenters. The van der Waals surface area contributed by atoms with Gasteiger partial charge in [-0.05, 0) is 43.7 Å². The predicted octanol–water partition coefficient (Wildman–Crippen LogP) is 3.84. The standard InChI is InChI=1S/C15H23FN2/c1-11(14-7-6-12(16)10-17-14)18-13-5-4-8-15(2,3)9-13/h6-7,10-11,13,18H,4-5,8-9H2,1-3H3. The molecular weight excluding hydrogens is 227 g/mol. The number of halogens is 1. The number of hydrogen-bond donors (Lipinski definition) is 1. The second kappa shape index (κ2) is 5.35. The van der Waals surface area contributed by atoms with Crippen LogP contribution in [0.4, 0.5) is 4.39 Å². The lowest BCUT2D eigenvalue weighted by atomic mass is 9.75. The Bertz CT molecular complexity index is 386. The van der Waals surface area contributed by atoms with Crippen LogP contribution in [-0.4, -0.2) is 11.0 Å². The van der Waals surface area contributed by atoms with Crippen molar-refractivity contribution in [3.8, 4) is 0 Å². The van der Waals surface area contributed by atoms with Gasteiger partial charge >= 0.3 is 0 Å². The van der Waals surface area contributed by atoms with E-state index in [0.29, 0.717) is 11.5 Å². The van der Waals surface area contributed by atoms with Crippen LogP contribution in [-0.2, 0) is 0 Å². The first-order chi connectivity index (χ1) is 8.46. The number of rotatable bonds is 3. The monoisotopic (exact) mass is 250 g/mol. The van der Waals surface area contributed by atoms with Crippen LogP contribution < -0.4 is 5.32 Å². The number of aromatic nitrogens is 1. The Hall–Kier alpha value is -0.960. The van der Waals surface area contributed by atoms with Crippen LogP contribution >= 0.6 is 0 Å². The minimum atomic E-state index is -0.273. The quantitative estimate of drug-likeness (QED) is 0.881. The summed E-state index contributed by atoms with van der Waals surface area (Å²) in [6, 6.07) is 3.98. The molecule has 1 heterocycles. The molecule has 100 valence electrons. The summed E-state index contributed by atoms with van der Waals surface area (Å²) in [5.74, 6) is -0.273. The Morgan fingerprint density at radius 3 is 2.83 bits per heavy atom. The third-order valence-electron chi connectivity index (χ3n) is 3.88. The van der Waals surface area contributed by atoms with Crippen molar-refractivity contribution in [2.45, 2.75) is 58.5 Å². The van der Waals surface area contributed by atoms with Gasteiger partial charge in [0.2, 0.25) is 0 Å². The van der Waals surface area contributed by atoms with Gasteiger partial charge in [-0.1, -0.05) is 20.3 Å². The Balaban J connectivity index is 1.94. The number of nitrogens with zero attached hydrogens (tertiary/aromatic N) is 1. The summed E-state index contributed by atoms with van der Waals surface area (Å²) < 4.78 is 12.8. The zero-order valence-electron chi connectivity index (χ0n) is 11.5. The second-order valence-electron chi connectivity index (χ2n) is 6.25. The van der Waals surface area contributed by atoms with Crippen molar-refractivity contribution >= 4 is 0 Å². The highest BCUT2D eigenvalue weighted by Crippen LogP contribution is 2.35. The van der Waals surface area contributed by atoms with Crippen molar-refractivity contribution in [2.75, 3.05) is 0 Å². The van der Waals surface area contributed by atoms with Gasteiger partial charge in [0.15, 0.2) is 0 Å². The van der Waals surface area contributed by atoms with Crippen molar-refractivity contribution in [1.82, 2.24) is 10.3 Å². The lowest BCUT2D eigenvalue weighted by molar-refractivity contribution is 0.190. The van der Waals surface area contributed by atoms with Crippen molar-refractivity contribution < 1.29 is 4.39 Å². The molecule has 1 aliphatic carbocycles. The van der Waals surface area contributed by atoms with E-state index in [0.717, 1.165) is 5.69 Å². The van der Waals surface area contributed by atoms with Gasteiger partial charge in [0.25, 0.3) is 0 Å². The van der Waals surface area contributed by atoms with E-state index in [9.17, 15) is 4.39 Å². The molecule has 0 aromatic carbocycles. The SMILES string of the molecule is CC(NC1CCCC(C)(C)C1)c1ccc(F)cn1. The van der Waals surface area contributed by atoms with Crippen LogP contribution in [0, 0.1) is 11.2 Å². The molecule has 0 spiro atoms. The van der Waals surface area contributed by atoms with E-state index in [1.165, 1.54) is 37.9 Å². The summed E-state index contributed by atoms with van der Waals surface area (Å²) in [6.45, 7) is 6.77. The molecule has 0 radical (unpaired) electrons. The molecule has 1 aliphatic rings. The third kappa shape index (κ3) is 3.52. The lowest BCUT2D eigenvalue weighted by Gasteiger charge is -2.37. The fourth-order valence-electron chi connectivity index (χ4n) is 2.92. The maximum absolute atomic E-state index is 12.8. The first kappa shape index (κ1) is 13.5. The Labute approximate surface area is 109 Å².